The van der Waals surface area contributed by atoms with Crippen molar-refractivity contribution in [3.05, 3.63) is 0 Å². The Kier molecular flexibility index (Phi) is 3.85. The lowest BCUT2D eigenvalue weighted by atomic mass is 9.76. The number of hydrogen-bond acceptors (Lipinski definition) is 3. The van der Waals surface area contributed by atoms with Gasteiger partial charge in [0.05, 0.1) is 6.61 Å². The second-order valence-corrected chi connectivity index (χ2v) is 6.11. The van der Waals surface area contributed by atoms with E-state index in [-0.39, 0.29) is 11.8 Å². The van der Waals surface area contributed by atoms with Crippen molar-refractivity contribution in [1.29, 1.82) is 0 Å². The molecule has 0 atom stereocenters. The Bertz CT molecular complexity index is 373. The Morgan fingerprint density at radius 2 is 1.84 bits per heavy atom. The highest BCUT2D eigenvalue weighted by atomic mass is 16.5. The van der Waals surface area contributed by atoms with Crippen molar-refractivity contribution in [2.45, 2.75) is 57.0 Å². The van der Waals surface area contributed by atoms with Gasteiger partial charge in [0.1, 0.15) is 11.1 Å². The van der Waals surface area contributed by atoms with Gasteiger partial charge in [-0.1, -0.05) is 19.3 Å². The molecule has 0 unspecified atom stereocenters. The Morgan fingerprint density at radius 3 is 2.42 bits per heavy atom. The summed E-state index contributed by atoms with van der Waals surface area (Å²) >= 11 is 0. The van der Waals surface area contributed by atoms with Gasteiger partial charge in [-0.05, 0) is 26.7 Å². The van der Waals surface area contributed by atoms with Crippen molar-refractivity contribution >= 4 is 11.8 Å². The number of nitrogens with one attached hydrogen (secondary N) is 1. The number of piperazine rings is 1. The van der Waals surface area contributed by atoms with Crippen LogP contribution < -0.4 is 5.32 Å². The summed E-state index contributed by atoms with van der Waals surface area (Å²) in [5, 5.41) is 3.01. The van der Waals surface area contributed by atoms with Gasteiger partial charge in [-0.2, -0.15) is 0 Å². The van der Waals surface area contributed by atoms with E-state index >= 15 is 0 Å². The lowest BCUT2D eigenvalue weighted by Gasteiger charge is -2.51. The van der Waals surface area contributed by atoms with Crippen molar-refractivity contribution in [2.24, 2.45) is 0 Å². The van der Waals surface area contributed by atoms with E-state index in [0.717, 1.165) is 32.1 Å². The maximum atomic E-state index is 12.8. The molecule has 19 heavy (non-hydrogen) atoms. The van der Waals surface area contributed by atoms with E-state index in [9.17, 15) is 9.59 Å². The van der Waals surface area contributed by atoms with E-state index in [1.54, 1.807) is 25.9 Å². The molecule has 5 nitrogen and oxygen atoms in total. The van der Waals surface area contributed by atoms with Gasteiger partial charge in [-0.3, -0.25) is 9.59 Å². The topological polar surface area (TPSA) is 58.6 Å². The van der Waals surface area contributed by atoms with Gasteiger partial charge in [0, 0.05) is 13.7 Å². The zero-order valence-corrected chi connectivity index (χ0v) is 12.1. The number of nitrogens with zero attached hydrogens (tertiary/aromatic N) is 1. The Morgan fingerprint density at radius 1 is 1.21 bits per heavy atom. The van der Waals surface area contributed by atoms with E-state index in [1.807, 2.05) is 0 Å². The summed E-state index contributed by atoms with van der Waals surface area (Å²) in [5.74, 6) is 0.0129. The molecule has 0 aromatic carbocycles. The molecule has 0 bridgehead atoms. The van der Waals surface area contributed by atoms with Crippen LogP contribution in [0.25, 0.3) is 0 Å². The molecule has 108 valence electrons. The SMILES string of the molecule is COCCN1C(=O)C2(CCCCC2)NC(=O)C1(C)C. The van der Waals surface area contributed by atoms with Crippen molar-refractivity contribution in [1.82, 2.24) is 10.2 Å². The zero-order valence-electron chi connectivity index (χ0n) is 12.1. The standard InChI is InChI=1S/C14H24N2O3/c1-13(2)11(17)15-14(7-5-4-6-8-14)12(18)16(13)9-10-19-3/h4-10H2,1-3H3,(H,15,17). The second kappa shape index (κ2) is 5.12. The summed E-state index contributed by atoms with van der Waals surface area (Å²) in [5.41, 5.74) is -1.45. The molecule has 0 aromatic heterocycles. The third-order valence-electron chi connectivity index (χ3n) is 4.46. The molecule has 2 rings (SSSR count). The van der Waals surface area contributed by atoms with Gasteiger partial charge >= 0.3 is 0 Å². The summed E-state index contributed by atoms with van der Waals surface area (Å²) in [4.78, 5) is 26.9. The minimum Gasteiger partial charge on any atom is -0.383 e. The molecular formula is C14H24N2O3. The number of methoxy groups -OCH3 is 1. The Balaban J connectivity index is 2.26. The quantitative estimate of drug-likeness (QED) is 0.833. The van der Waals surface area contributed by atoms with Crippen LogP contribution in [0, 0.1) is 0 Å². The molecule has 1 N–H and O–H groups in total. The first-order valence-corrected chi connectivity index (χ1v) is 7.08. The van der Waals surface area contributed by atoms with E-state index in [2.05, 4.69) is 5.32 Å². The van der Waals surface area contributed by atoms with Crippen LogP contribution in [0.4, 0.5) is 0 Å². The van der Waals surface area contributed by atoms with Crippen molar-refractivity contribution in [2.75, 3.05) is 20.3 Å². The predicted molar refractivity (Wildman–Crippen MR) is 71.6 cm³/mol. The number of carbonyl (C=O) groups is 2. The molecule has 0 aromatic rings. The smallest absolute Gasteiger partial charge is 0.249 e. The molecule has 2 amide bonds. The van der Waals surface area contributed by atoms with E-state index in [1.165, 1.54) is 0 Å². The van der Waals surface area contributed by atoms with Crippen LogP contribution in [0.3, 0.4) is 0 Å². The third kappa shape index (κ3) is 2.36. The number of ether oxygens (including phenoxy) is 1. The summed E-state index contributed by atoms with van der Waals surface area (Å²) < 4.78 is 5.07. The van der Waals surface area contributed by atoms with Crippen LogP contribution in [0.2, 0.25) is 0 Å². The molecule has 1 spiro atoms. The minimum atomic E-state index is -0.793. The lowest BCUT2D eigenvalue weighted by Crippen LogP contribution is -2.74. The number of amides is 2. The molecule has 1 aliphatic heterocycles. The first-order chi connectivity index (χ1) is 8.94. The molecular weight excluding hydrogens is 244 g/mol. The van der Waals surface area contributed by atoms with Crippen molar-refractivity contribution in [3.8, 4) is 0 Å². The number of carbonyl (C=O) groups excluding carboxylic acids is 2. The molecule has 1 saturated heterocycles. The lowest BCUT2D eigenvalue weighted by molar-refractivity contribution is -0.163. The summed E-state index contributed by atoms with van der Waals surface area (Å²) in [6.45, 7) is 4.52. The van der Waals surface area contributed by atoms with Gasteiger partial charge in [0.15, 0.2) is 0 Å². The largest absolute Gasteiger partial charge is 0.383 e. The highest BCUT2D eigenvalue weighted by molar-refractivity contribution is 6.01. The van der Waals surface area contributed by atoms with Crippen LogP contribution in [-0.2, 0) is 14.3 Å². The van der Waals surface area contributed by atoms with Gasteiger partial charge < -0.3 is 15.0 Å². The molecule has 1 heterocycles. The normalized spacial score (nSPS) is 25.5. The van der Waals surface area contributed by atoms with Crippen molar-refractivity contribution < 1.29 is 14.3 Å². The van der Waals surface area contributed by atoms with Crippen LogP contribution in [0.5, 0.6) is 0 Å². The Labute approximate surface area is 114 Å². The van der Waals surface area contributed by atoms with Crippen LogP contribution in [0.1, 0.15) is 46.0 Å². The molecule has 2 fully saturated rings. The van der Waals surface area contributed by atoms with Crippen LogP contribution in [-0.4, -0.2) is 48.1 Å². The predicted octanol–water partition coefficient (Wildman–Crippen LogP) is 1.07. The van der Waals surface area contributed by atoms with E-state index in [4.69, 9.17) is 4.74 Å². The molecule has 0 radical (unpaired) electrons. The fourth-order valence-electron chi connectivity index (χ4n) is 3.12. The fraction of sp³-hybridized carbons (Fsp3) is 0.857. The average molecular weight is 268 g/mol. The second-order valence-electron chi connectivity index (χ2n) is 6.11. The highest BCUT2D eigenvalue weighted by Crippen LogP contribution is 2.35. The maximum absolute atomic E-state index is 12.8. The van der Waals surface area contributed by atoms with Crippen LogP contribution >= 0.6 is 0 Å². The molecule has 2 aliphatic rings. The molecule has 1 aliphatic carbocycles. The van der Waals surface area contributed by atoms with E-state index < -0.39 is 11.1 Å². The summed E-state index contributed by atoms with van der Waals surface area (Å²) in [6, 6.07) is 0. The first kappa shape index (κ1) is 14.3. The first-order valence-electron chi connectivity index (χ1n) is 7.08. The summed E-state index contributed by atoms with van der Waals surface area (Å²) in [6.07, 6.45) is 4.68. The monoisotopic (exact) mass is 268 g/mol. The van der Waals surface area contributed by atoms with Gasteiger partial charge in [0.2, 0.25) is 11.8 Å². The fourth-order valence-corrected chi connectivity index (χ4v) is 3.12. The Hall–Kier alpha value is -1.10. The van der Waals surface area contributed by atoms with Gasteiger partial charge in [0.25, 0.3) is 0 Å². The minimum absolute atomic E-state index is 0.0508. The summed E-state index contributed by atoms with van der Waals surface area (Å²) in [7, 11) is 1.61. The third-order valence-corrected chi connectivity index (χ3v) is 4.46. The number of hydrogen-bond donors (Lipinski definition) is 1. The maximum Gasteiger partial charge on any atom is 0.249 e. The van der Waals surface area contributed by atoms with E-state index in [0.29, 0.717) is 13.2 Å². The van der Waals surface area contributed by atoms with Gasteiger partial charge in [-0.15, -0.1) is 0 Å². The van der Waals surface area contributed by atoms with Crippen molar-refractivity contribution in [3.63, 3.8) is 0 Å². The van der Waals surface area contributed by atoms with Crippen LogP contribution in [0.15, 0.2) is 0 Å². The molecule has 1 saturated carbocycles. The average Bonchev–Trinajstić information content (AvgIpc) is 2.38. The molecule has 5 heteroatoms. The highest BCUT2D eigenvalue weighted by Gasteiger charge is 2.54. The number of rotatable bonds is 3. The van der Waals surface area contributed by atoms with Gasteiger partial charge in [-0.25, -0.2) is 0 Å². The zero-order chi connectivity index (χ0) is 14.1.